The van der Waals surface area contributed by atoms with Gasteiger partial charge in [0.2, 0.25) is 5.75 Å². The summed E-state index contributed by atoms with van der Waals surface area (Å²) in [6.07, 6.45) is 9.82. The fraction of sp³-hybridized carbons (Fsp3) is 0.778. The lowest BCUT2D eigenvalue weighted by Gasteiger charge is -2.40. The topological polar surface area (TPSA) is 9.23 Å². The minimum atomic E-state index is -5.12. The maximum absolute atomic E-state index is 13.9. The first kappa shape index (κ1) is 28.7. The maximum atomic E-state index is 13.9. The van der Waals surface area contributed by atoms with Crippen LogP contribution in [0, 0.1) is 29.4 Å². The molecule has 1 aromatic rings. The molecule has 1 heterocycles. The van der Waals surface area contributed by atoms with Gasteiger partial charge in [-0.3, -0.25) is 0 Å². The van der Waals surface area contributed by atoms with Crippen molar-refractivity contribution < 1.29 is 26.7 Å². The number of rotatable bonds is 11. The van der Waals surface area contributed by atoms with Crippen LogP contribution in [0.25, 0.3) is 0 Å². The van der Waals surface area contributed by atoms with E-state index in [0.29, 0.717) is 17.9 Å². The third-order valence-electron chi connectivity index (χ3n) is 8.32. The molecule has 0 atom stereocenters. The second-order valence-electron chi connectivity index (χ2n) is 10.9. The number of hydrogen-bond donors (Lipinski definition) is 0. The van der Waals surface area contributed by atoms with Crippen LogP contribution >= 0.6 is 11.1 Å². The average Bonchev–Trinajstić information content (AvgIpc) is 2.80. The van der Waals surface area contributed by atoms with Gasteiger partial charge < -0.3 is 4.74 Å². The van der Waals surface area contributed by atoms with E-state index in [-0.39, 0.29) is 0 Å². The largest absolute Gasteiger partial charge is 0.573 e. The van der Waals surface area contributed by atoms with E-state index in [1.165, 1.54) is 75.9 Å². The number of benzene rings is 1. The fourth-order valence-corrected chi connectivity index (χ4v) is 10.7. The van der Waals surface area contributed by atoms with Gasteiger partial charge in [-0.1, -0.05) is 64.7 Å². The van der Waals surface area contributed by atoms with Crippen LogP contribution < -0.4 is 4.74 Å². The predicted octanol–water partition coefficient (Wildman–Crippen LogP) is 10.2. The second kappa shape index (κ2) is 13.1. The summed E-state index contributed by atoms with van der Waals surface area (Å²) in [6, 6.07) is 5.79. The van der Waals surface area contributed by atoms with Crippen LogP contribution in [0.3, 0.4) is 0 Å². The Morgan fingerprint density at radius 3 is 2.06 bits per heavy atom. The highest BCUT2D eigenvalue weighted by Gasteiger charge is 2.38. The minimum Gasteiger partial charge on any atom is -0.399 e. The summed E-state index contributed by atoms with van der Waals surface area (Å²) in [4.78, 5) is 0. The number of hydrogen-bond acceptors (Lipinski definition) is 1. The van der Waals surface area contributed by atoms with Gasteiger partial charge in [0.1, 0.15) is 0 Å². The van der Waals surface area contributed by atoms with Gasteiger partial charge in [-0.05, 0) is 79.3 Å². The highest BCUT2D eigenvalue weighted by molar-refractivity contribution is 7.20. The van der Waals surface area contributed by atoms with E-state index >= 15 is 0 Å². The molecule has 0 N–H and O–H groups in total. The molecule has 0 bridgehead atoms. The van der Waals surface area contributed by atoms with Crippen LogP contribution in [0.2, 0.25) is 18.1 Å². The summed E-state index contributed by atoms with van der Waals surface area (Å²) in [6.45, 7) is 2.25. The molecule has 2 aliphatic rings. The Balaban J connectivity index is 1.33. The summed E-state index contributed by atoms with van der Waals surface area (Å²) in [5, 5.41) is 0. The summed E-state index contributed by atoms with van der Waals surface area (Å²) in [5.74, 6) is -1.59. The predicted molar refractivity (Wildman–Crippen MR) is 134 cm³/mol. The molecule has 3 rings (SSSR count). The Labute approximate surface area is 212 Å². The molecule has 1 saturated carbocycles. The van der Waals surface area contributed by atoms with E-state index in [9.17, 15) is 22.0 Å². The first-order valence-corrected chi connectivity index (χ1v) is 17.1. The Bertz CT molecular complexity index is 763. The molecule has 1 aliphatic carbocycles. The molecular weight excluding hydrogens is 499 g/mol. The van der Waals surface area contributed by atoms with Gasteiger partial charge in [0, 0.05) is 0 Å². The molecular formula is C27H40ClF5OSi. The minimum absolute atomic E-state index is 0.365. The average molecular weight is 539 g/mol. The monoisotopic (exact) mass is 538 g/mol. The van der Waals surface area contributed by atoms with E-state index in [2.05, 4.69) is 11.7 Å². The van der Waals surface area contributed by atoms with Crippen molar-refractivity contribution in [2.45, 2.75) is 115 Å². The van der Waals surface area contributed by atoms with Gasteiger partial charge in [-0.2, -0.15) is 11.1 Å². The summed E-state index contributed by atoms with van der Waals surface area (Å²) >= 11 is 7.05. The lowest BCUT2D eigenvalue weighted by atomic mass is 9.73. The van der Waals surface area contributed by atoms with Gasteiger partial charge in [0.05, 0.1) is 0 Å². The van der Waals surface area contributed by atoms with Crippen molar-refractivity contribution in [3.05, 3.63) is 29.3 Å². The van der Waals surface area contributed by atoms with Gasteiger partial charge in [0.25, 0.3) is 0 Å². The summed E-state index contributed by atoms with van der Waals surface area (Å²) in [5.41, 5.74) is 0.365. The Morgan fingerprint density at radius 2 is 1.49 bits per heavy atom. The number of alkyl halides is 3. The molecule has 35 heavy (non-hydrogen) atoms. The molecule has 1 saturated heterocycles. The highest BCUT2D eigenvalue weighted by Crippen LogP contribution is 2.46. The van der Waals surface area contributed by atoms with Gasteiger partial charge in [0.15, 0.2) is 19.0 Å². The lowest BCUT2D eigenvalue weighted by Crippen LogP contribution is -2.35. The Kier molecular flexibility index (Phi) is 10.8. The van der Waals surface area contributed by atoms with Gasteiger partial charge >= 0.3 is 6.36 Å². The standard InChI is InChI=1S/C27H40ClF5OSi/c1-2-3-6-15-35(28)16-13-23(14-17-35)22-11-9-20(10-12-22)7-4-5-8-21-18-24(29)26(25(30)19-21)34-27(31,32)33/h18-20,22-23H,2-17H2,1H3. The molecule has 0 amide bonds. The van der Waals surface area contributed by atoms with Crippen LogP contribution in [0.15, 0.2) is 12.1 Å². The quantitative estimate of drug-likeness (QED) is 0.118. The molecule has 200 valence electrons. The molecule has 8 heteroatoms. The van der Waals surface area contributed by atoms with Crippen molar-refractivity contribution in [1.29, 1.82) is 0 Å². The molecule has 0 aromatic heterocycles. The zero-order valence-electron chi connectivity index (χ0n) is 20.9. The third-order valence-corrected chi connectivity index (χ3v) is 13.6. The van der Waals surface area contributed by atoms with Crippen LogP contribution in [0.4, 0.5) is 22.0 Å². The zero-order valence-corrected chi connectivity index (χ0v) is 22.6. The number of halogens is 6. The van der Waals surface area contributed by atoms with E-state index in [1.54, 1.807) is 0 Å². The van der Waals surface area contributed by atoms with E-state index in [4.69, 9.17) is 11.1 Å². The smallest absolute Gasteiger partial charge is 0.399 e. The van der Waals surface area contributed by atoms with Crippen molar-refractivity contribution in [2.75, 3.05) is 0 Å². The van der Waals surface area contributed by atoms with Gasteiger partial charge in [-0.25, -0.2) is 8.78 Å². The number of aryl methyl sites for hydroxylation is 1. The Hall–Kier alpha value is -0.823. The van der Waals surface area contributed by atoms with E-state index in [1.807, 2.05) is 0 Å². The lowest BCUT2D eigenvalue weighted by molar-refractivity contribution is -0.276. The van der Waals surface area contributed by atoms with Crippen molar-refractivity contribution in [3.8, 4) is 5.75 Å². The van der Waals surface area contributed by atoms with Crippen LogP contribution in [-0.2, 0) is 6.42 Å². The first-order chi connectivity index (χ1) is 16.6. The molecule has 2 fully saturated rings. The number of unbranched alkanes of at least 4 members (excludes halogenated alkanes) is 3. The highest BCUT2D eigenvalue weighted by atomic mass is 35.6. The number of ether oxygens (including phenoxy) is 1. The molecule has 1 nitrogen and oxygen atoms in total. The van der Waals surface area contributed by atoms with Crippen molar-refractivity contribution in [1.82, 2.24) is 0 Å². The van der Waals surface area contributed by atoms with Crippen molar-refractivity contribution in [3.63, 3.8) is 0 Å². The second-order valence-corrected chi connectivity index (χ2v) is 17.1. The molecule has 1 aliphatic heterocycles. The summed E-state index contributed by atoms with van der Waals surface area (Å²) < 4.78 is 68.0. The zero-order chi connectivity index (χ0) is 25.5. The molecule has 0 unspecified atom stereocenters. The van der Waals surface area contributed by atoms with E-state index in [0.717, 1.165) is 43.2 Å². The third kappa shape index (κ3) is 9.21. The van der Waals surface area contributed by atoms with Crippen LogP contribution in [-0.4, -0.2) is 13.7 Å². The normalized spacial score (nSPS) is 27.7. The van der Waals surface area contributed by atoms with Crippen LogP contribution in [0.5, 0.6) is 5.75 Å². The first-order valence-electron chi connectivity index (χ1n) is 13.5. The fourth-order valence-electron chi connectivity index (χ4n) is 6.25. The van der Waals surface area contributed by atoms with E-state index < -0.39 is 31.1 Å². The Morgan fingerprint density at radius 1 is 0.886 bits per heavy atom. The van der Waals surface area contributed by atoms with Gasteiger partial charge in [-0.15, -0.1) is 13.2 Å². The SMILES string of the molecule is CCCCC[Si]1(Cl)CCC(C2CCC(CCCCc3cc(F)c(OC(F)(F)F)c(F)c3)CC2)CC1. The summed E-state index contributed by atoms with van der Waals surface area (Å²) in [7, 11) is -1.50. The molecule has 1 aromatic carbocycles. The van der Waals surface area contributed by atoms with Crippen LogP contribution in [0.1, 0.15) is 89.5 Å². The molecule has 0 spiro atoms. The maximum Gasteiger partial charge on any atom is 0.573 e. The van der Waals surface area contributed by atoms with Crippen molar-refractivity contribution in [2.24, 2.45) is 17.8 Å². The van der Waals surface area contributed by atoms with Crippen molar-refractivity contribution >= 4 is 18.5 Å². The molecule has 0 radical (unpaired) electrons.